The van der Waals surface area contributed by atoms with Gasteiger partial charge in [-0.15, -0.1) is 0 Å². The van der Waals surface area contributed by atoms with E-state index in [-0.39, 0.29) is 18.5 Å². The van der Waals surface area contributed by atoms with E-state index in [1.165, 1.54) is 10.6 Å². The molecule has 1 fully saturated rings. The Morgan fingerprint density at radius 1 is 1.41 bits per heavy atom. The summed E-state index contributed by atoms with van der Waals surface area (Å²) in [5.41, 5.74) is 2.01. The van der Waals surface area contributed by atoms with Crippen LogP contribution >= 0.6 is 12.2 Å². The first-order chi connectivity index (χ1) is 12.8. The summed E-state index contributed by atoms with van der Waals surface area (Å²) in [6.45, 7) is 2.15. The highest BCUT2D eigenvalue weighted by Crippen LogP contribution is 2.36. The largest absolute Gasteiger partial charge is 0.345 e. The van der Waals surface area contributed by atoms with Crippen molar-refractivity contribution in [2.75, 3.05) is 10.6 Å². The number of rotatable bonds is 5. The lowest BCUT2D eigenvalue weighted by molar-refractivity contribution is 0.0949. The number of carbonyl (C=O) groups is 1. The standard InChI is InChI=1S/C17H21N5O3S2/c1-10-7-12-8-11(3-6-14(12)22(10)27(2,24)25)16(23)18-9-15-19-20-17(26)21(15)13-4-5-13/h3,6,8,10,13H,4-5,7,9H2,1-2H3,(H,18,23)(H,20,26). The summed E-state index contributed by atoms with van der Waals surface area (Å²) in [5, 5.41) is 9.86. The maximum Gasteiger partial charge on any atom is 0.251 e. The summed E-state index contributed by atoms with van der Waals surface area (Å²) in [4.78, 5) is 12.6. The first-order valence-electron chi connectivity index (χ1n) is 8.82. The minimum absolute atomic E-state index is 0.152. The van der Waals surface area contributed by atoms with Crippen LogP contribution in [0.3, 0.4) is 0 Å². The topological polar surface area (TPSA) is 100 Å². The molecule has 1 unspecified atom stereocenters. The van der Waals surface area contributed by atoms with Gasteiger partial charge in [-0.3, -0.25) is 18.8 Å². The minimum atomic E-state index is -3.34. The van der Waals surface area contributed by atoms with Gasteiger partial charge in [0.25, 0.3) is 5.91 Å². The number of H-pyrrole nitrogens is 1. The number of carbonyl (C=O) groups excluding carboxylic acids is 1. The van der Waals surface area contributed by atoms with Gasteiger partial charge in [-0.05, 0) is 62.2 Å². The number of hydrogen-bond donors (Lipinski definition) is 2. The molecule has 1 atom stereocenters. The van der Waals surface area contributed by atoms with Gasteiger partial charge in [-0.25, -0.2) is 8.42 Å². The maximum absolute atomic E-state index is 12.6. The Labute approximate surface area is 162 Å². The van der Waals surface area contributed by atoms with Crippen molar-refractivity contribution in [2.45, 2.75) is 44.8 Å². The molecule has 8 nitrogen and oxygen atoms in total. The number of hydrogen-bond acceptors (Lipinski definition) is 5. The van der Waals surface area contributed by atoms with Gasteiger partial charge < -0.3 is 5.32 Å². The Kier molecular flexibility index (Phi) is 4.34. The average molecular weight is 408 g/mol. The zero-order valence-corrected chi connectivity index (χ0v) is 16.7. The highest BCUT2D eigenvalue weighted by molar-refractivity contribution is 7.92. The minimum Gasteiger partial charge on any atom is -0.345 e. The highest BCUT2D eigenvalue weighted by Gasteiger charge is 2.33. The molecule has 1 aliphatic carbocycles. The molecule has 1 aliphatic heterocycles. The first-order valence-corrected chi connectivity index (χ1v) is 11.1. The predicted molar refractivity (Wildman–Crippen MR) is 104 cm³/mol. The van der Waals surface area contributed by atoms with Gasteiger partial charge in [0.15, 0.2) is 10.6 Å². The van der Waals surface area contributed by atoms with Gasteiger partial charge >= 0.3 is 0 Å². The van der Waals surface area contributed by atoms with Crippen molar-refractivity contribution in [1.29, 1.82) is 0 Å². The van der Waals surface area contributed by atoms with Crippen molar-refractivity contribution in [3.05, 3.63) is 39.9 Å². The van der Waals surface area contributed by atoms with Crippen molar-refractivity contribution in [1.82, 2.24) is 20.1 Å². The molecule has 144 valence electrons. The second-order valence-electron chi connectivity index (χ2n) is 7.18. The molecule has 1 aromatic heterocycles. The third-order valence-corrected chi connectivity index (χ3v) is 6.51. The number of nitrogens with zero attached hydrogens (tertiary/aromatic N) is 3. The fourth-order valence-corrected chi connectivity index (χ4v) is 5.25. The lowest BCUT2D eigenvalue weighted by Crippen LogP contribution is -2.34. The van der Waals surface area contributed by atoms with Gasteiger partial charge in [-0.2, -0.15) is 5.10 Å². The van der Waals surface area contributed by atoms with Gasteiger partial charge in [0.1, 0.15) is 0 Å². The molecule has 10 heteroatoms. The van der Waals surface area contributed by atoms with Crippen LogP contribution in [0.5, 0.6) is 0 Å². The molecule has 2 aliphatic rings. The number of aromatic amines is 1. The molecule has 2 aromatic rings. The molecule has 0 spiro atoms. The zero-order chi connectivity index (χ0) is 19.3. The summed E-state index contributed by atoms with van der Waals surface area (Å²) in [5.74, 6) is 0.494. The molecule has 0 bridgehead atoms. The van der Waals surface area contributed by atoms with E-state index in [9.17, 15) is 13.2 Å². The third-order valence-electron chi connectivity index (χ3n) is 4.95. The molecule has 0 saturated heterocycles. The lowest BCUT2D eigenvalue weighted by Gasteiger charge is -2.21. The van der Waals surface area contributed by atoms with Crippen LogP contribution in [-0.4, -0.2) is 41.4 Å². The van der Waals surface area contributed by atoms with Gasteiger partial charge in [-0.1, -0.05) is 0 Å². The second kappa shape index (κ2) is 6.45. The fraction of sp³-hybridized carbons (Fsp3) is 0.471. The van der Waals surface area contributed by atoms with Crippen molar-refractivity contribution < 1.29 is 13.2 Å². The van der Waals surface area contributed by atoms with Gasteiger partial charge in [0, 0.05) is 17.6 Å². The summed E-state index contributed by atoms with van der Waals surface area (Å²) >= 11 is 5.25. The average Bonchev–Trinajstić information content (AvgIpc) is 3.26. The molecule has 1 amide bonds. The Morgan fingerprint density at radius 3 is 2.81 bits per heavy atom. The van der Waals surface area contributed by atoms with E-state index >= 15 is 0 Å². The Hall–Kier alpha value is -2.20. The predicted octanol–water partition coefficient (Wildman–Crippen LogP) is 1.92. The van der Waals surface area contributed by atoms with E-state index in [1.807, 2.05) is 11.5 Å². The van der Waals surface area contributed by atoms with E-state index in [1.54, 1.807) is 18.2 Å². The first kappa shape index (κ1) is 18.2. The summed E-state index contributed by atoms with van der Waals surface area (Å²) in [7, 11) is -3.34. The second-order valence-corrected chi connectivity index (χ2v) is 9.43. The quantitative estimate of drug-likeness (QED) is 0.738. The third kappa shape index (κ3) is 3.39. The number of amides is 1. The molecule has 2 N–H and O–H groups in total. The highest BCUT2D eigenvalue weighted by atomic mass is 32.2. The molecule has 1 aromatic carbocycles. The Balaban J connectivity index is 1.51. The van der Waals surface area contributed by atoms with Crippen molar-refractivity contribution in [2.24, 2.45) is 0 Å². The zero-order valence-electron chi connectivity index (χ0n) is 15.1. The molecule has 4 rings (SSSR count). The smallest absolute Gasteiger partial charge is 0.251 e. The fourth-order valence-electron chi connectivity index (χ4n) is 3.68. The maximum atomic E-state index is 12.6. The normalized spacial score (nSPS) is 19.2. The monoisotopic (exact) mass is 407 g/mol. The van der Waals surface area contributed by atoms with Gasteiger partial charge in [0.05, 0.1) is 18.5 Å². The van der Waals surface area contributed by atoms with Crippen LogP contribution in [-0.2, 0) is 23.0 Å². The van der Waals surface area contributed by atoms with E-state index in [0.29, 0.717) is 34.3 Å². The van der Waals surface area contributed by atoms with Crippen LogP contribution in [0.1, 0.15) is 47.6 Å². The number of anilines is 1. The molecule has 27 heavy (non-hydrogen) atoms. The van der Waals surface area contributed by atoms with Crippen LogP contribution in [0.25, 0.3) is 0 Å². The summed E-state index contributed by atoms with van der Waals surface area (Å²) in [6, 6.07) is 5.36. The van der Waals surface area contributed by atoms with Crippen LogP contribution in [0.15, 0.2) is 18.2 Å². The Bertz CT molecular complexity index is 1070. The van der Waals surface area contributed by atoms with Crippen LogP contribution in [0, 0.1) is 4.77 Å². The lowest BCUT2D eigenvalue weighted by atomic mass is 10.1. The molecule has 0 radical (unpaired) electrons. The van der Waals surface area contributed by atoms with Crippen molar-refractivity contribution >= 4 is 33.8 Å². The number of nitrogens with one attached hydrogen (secondary N) is 2. The number of fused-ring (bicyclic) bond motifs is 1. The SMILES string of the molecule is CC1Cc2cc(C(=O)NCc3n[nH]c(=S)n3C3CC3)ccc2N1S(C)(=O)=O. The van der Waals surface area contributed by atoms with Crippen molar-refractivity contribution in [3.8, 4) is 0 Å². The Morgan fingerprint density at radius 2 is 2.15 bits per heavy atom. The molecular formula is C17H21N5O3S2. The van der Waals surface area contributed by atoms with Crippen LogP contribution in [0.2, 0.25) is 0 Å². The number of benzene rings is 1. The molecule has 2 heterocycles. The van der Waals surface area contributed by atoms with E-state index < -0.39 is 10.0 Å². The molecular weight excluding hydrogens is 386 g/mol. The number of aromatic nitrogens is 3. The van der Waals surface area contributed by atoms with E-state index in [4.69, 9.17) is 12.2 Å². The molecule has 1 saturated carbocycles. The summed E-state index contributed by atoms with van der Waals surface area (Å²) in [6.07, 6.45) is 3.94. The summed E-state index contributed by atoms with van der Waals surface area (Å²) < 4.78 is 28.0. The number of sulfonamides is 1. The van der Waals surface area contributed by atoms with Crippen LogP contribution in [0.4, 0.5) is 5.69 Å². The van der Waals surface area contributed by atoms with Gasteiger partial charge in [0.2, 0.25) is 10.0 Å². The van der Waals surface area contributed by atoms with E-state index in [2.05, 4.69) is 15.5 Å². The van der Waals surface area contributed by atoms with Crippen molar-refractivity contribution in [3.63, 3.8) is 0 Å². The van der Waals surface area contributed by atoms with Crippen LogP contribution < -0.4 is 9.62 Å². The van der Waals surface area contributed by atoms with E-state index in [0.717, 1.165) is 18.4 Å².